The van der Waals surface area contributed by atoms with Gasteiger partial charge in [-0.15, -0.1) is 0 Å². The normalized spacial score (nSPS) is 18.9. The second-order valence-corrected chi connectivity index (χ2v) is 7.71. The Morgan fingerprint density at radius 1 is 1.03 bits per heavy atom. The number of aryl methyl sites for hydroxylation is 1. The van der Waals surface area contributed by atoms with Crippen molar-refractivity contribution in [3.8, 4) is 11.5 Å². The summed E-state index contributed by atoms with van der Waals surface area (Å²) < 4.78 is 25.5. The lowest BCUT2D eigenvalue weighted by atomic mass is 9.93. The molecule has 4 rings (SSSR count). The lowest BCUT2D eigenvalue weighted by molar-refractivity contribution is 0.137. The Kier molecular flexibility index (Phi) is 5.99. The fourth-order valence-corrected chi connectivity index (χ4v) is 3.92. The van der Waals surface area contributed by atoms with Crippen molar-refractivity contribution >= 4 is 22.4 Å². The highest BCUT2D eigenvalue weighted by atomic mass is 19.1. The molecule has 1 aliphatic carbocycles. The van der Waals surface area contributed by atoms with Crippen LogP contribution in [0, 0.1) is 12.7 Å². The van der Waals surface area contributed by atoms with E-state index >= 15 is 0 Å². The van der Waals surface area contributed by atoms with E-state index in [0.717, 1.165) is 42.3 Å². The number of ether oxygens (including phenoxy) is 2. The van der Waals surface area contributed by atoms with Crippen LogP contribution in [0.5, 0.6) is 11.5 Å². The van der Waals surface area contributed by atoms with E-state index in [9.17, 15) is 4.39 Å². The van der Waals surface area contributed by atoms with Crippen LogP contribution in [-0.4, -0.2) is 36.3 Å². The molecule has 1 aliphatic rings. The van der Waals surface area contributed by atoms with Gasteiger partial charge in [0.1, 0.15) is 18.0 Å². The van der Waals surface area contributed by atoms with E-state index in [1.165, 1.54) is 12.4 Å². The van der Waals surface area contributed by atoms with Crippen LogP contribution in [0.2, 0.25) is 0 Å². The summed E-state index contributed by atoms with van der Waals surface area (Å²) in [7, 11) is 3.64. The predicted octanol–water partition coefficient (Wildman–Crippen LogP) is 4.74. The molecule has 0 aliphatic heterocycles. The molecule has 0 radical (unpaired) electrons. The minimum absolute atomic E-state index is 0.154. The average molecular weight is 410 g/mol. The Morgan fingerprint density at radius 2 is 1.83 bits per heavy atom. The molecule has 1 fully saturated rings. The van der Waals surface area contributed by atoms with Gasteiger partial charge in [0.2, 0.25) is 0 Å². The molecule has 6 nitrogen and oxygen atoms in total. The van der Waals surface area contributed by atoms with Gasteiger partial charge in [-0.25, -0.2) is 14.4 Å². The van der Waals surface area contributed by atoms with Crippen molar-refractivity contribution in [2.75, 3.05) is 19.5 Å². The number of methoxy groups -OCH3 is 1. The first-order valence-corrected chi connectivity index (χ1v) is 10.3. The van der Waals surface area contributed by atoms with Gasteiger partial charge < -0.3 is 20.1 Å². The van der Waals surface area contributed by atoms with Gasteiger partial charge in [-0.3, -0.25) is 0 Å². The van der Waals surface area contributed by atoms with Crippen LogP contribution < -0.4 is 20.1 Å². The third-order valence-electron chi connectivity index (χ3n) is 5.72. The number of rotatable bonds is 6. The minimum Gasteiger partial charge on any atom is -0.493 e. The number of nitrogens with one attached hydrogen (secondary N) is 2. The zero-order valence-electron chi connectivity index (χ0n) is 17.5. The van der Waals surface area contributed by atoms with Crippen molar-refractivity contribution in [3.05, 3.63) is 48.0 Å². The van der Waals surface area contributed by atoms with Crippen molar-refractivity contribution in [2.45, 2.75) is 44.8 Å². The van der Waals surface area contributed by atoms with Crippen molar-refractivity contribution in [1.82, 2.24) is 15.3 Å². The number of hydrogen-bond donors (Lipinski definition) is 2. The SMILES string of the molecule is CN[C@H]1CC[C@@H](Oc2cc3c(Nc4ccc(F)c(C)c4)ncnc3cc2OC)CC1. The monoisotopic (exact) mass is 410 g/mol. The summed E-state index contributed by atoms with van der Waals surface area (Å²) in [5.41, 5.74) is 2.08. The van der Waals surface area contributed by atoms with Gasteiger partial charge in [0.05, 0.1) is 18.7 Å². The van der Waals surface area contributed by atoms with E-state index in [2.05, 4.69) is 20.6 Å². The van der Waals surface area contributed by atoms with Crippen LogP contribution in [0.25, 0.3) is 10.9 Å². The molecule has 0 bridgehead atoms. The maximum atomic E-state index is 13.6. The van der Waals surface area contributed by atoms with Gasteiger partial charge in [0, 0.05) is 23.2 Å². The third-order valence-corrected chi connectivity index (χ3v) is 5.72. The first-order chi connectivity index (χ1) is 14.6. The number of hydrogen-bond acceptors (Lipinski definition) is 6. The Bertz CT molecular complexity index is 1040. The van der Waals surface area contributed by atoms with Crippen LogP contribution in [0.1, 0.15) is 31.2 Å². The summed E-state index contributed by atoms with van der Waals surface area (Å²) in [4.78, 5) is 8.78. The van der Waals surface area contributed by atoms with Crippen molar-refractivity contribution in [2.24, 2.45) is 0 Å². The molecule has 0 atom stereocenters. The molecular weight excluding hydrogens is 383 g/mol. The van der Waals surface area contributed by atoms with Gasteiger partial charge in [0.25, 0.3) is 0 Å². The van der Waals surface area contributed by atoms with Gasteiger partial charge in [-0.05, 0) is 69.5 Å². The van der Waals surface area contributed by atoms with E-state index in [-0.39, 0.29) is 11.9 Å². The van der Waals surface area contributed by atoms with Gasteiger partial charge in [-0.2, -0.15) is 0 Å². The molecule has 0 amide bonds. The molecule has 3 aromatic rings. The van der Waals surface area contributed by atoms with Crippen molar-refractivity contribution < 1.29 is 13.9 Å². The molecule has 2 aromatic carbocycles. The molecule has 1 aromatic heterocycles. The molecule has 1 saturated carbocycles. The maximum absolute atomic E-state index is 13.6. The highest BCUT2D eigenvalue weighted by Gasteiger charge is 2.23. The standard InChI is InChI=1S/C23H27FN4O2/c1-14-10-16(6-9-19(14)24)28-23-18-11-22(21(29-3)12-20(18)26-13-27-23)30-17-7-4-15(25-2)5-8-17/h6,9-13,15,17,25H,4-5,7-8H2,1-3H3,(H,26,27,28)/t15-,17+. The number of fused-ring (bicyclic) bond motifs is 1. The quantitative estimate of drug-likeness (QED) is 0.612. The van der Waals surface area contributed by atoms with E-state index in [4.69, 9.17) is 9.47 Å². The molecule has 0 unspecified atom stereocenters. The van der Waals surface area contributed by atoms with Crippen LogP contribution in [-0.2, 0) is 0 Å². The van der Waals surface area contributed by atoms with Crippen molar-refractivity contribution in [1.29, 1.82) is 0 Å². The molecule has 1 heterocycles. The third kappa shape index (κ3) is 4.31. The first-order valence-electron chi connectivity index (χ1n) is 10.3. The summed E-state index contributed by atoms with van der Waals surface area (Å²) in [5.74, 6) is 1.74. The van der Waals surface area contributed by atoms with Gasteiger partial charge in [-0.1, -0.05) is 0 Å². The smallest absolute Gasteiger partial charge is 0.162 e. The summed E-state index contributed by atoms with van der Waals surface area (Å²) in [6, 6.07) is 9.25. The first kappa shape index (κ1) is 20.3. The largest absolute Gasteiger partial charge is 0.493 e. The van der Waals surface area contributed by atoms with Crippen LogP contribution in [0.15, 0.2) is 36.7 Å². The molecule has 2 N–H and O–H groups in total. The number of anilines is 2. The van der Waals surface area contributed by atoms with E-state index in [1.807, 2.05) is 19.2 Å². The molecule has 158 valence electrons. The predicted molar refractivity (Wildman–Crippen MR) is 116 cm³/mol. The summed E-state index contributed by atoms with van der Waals surface area (Å²) in [6.45, 7) is 1.73. The van der Waals surface area contributed by atoms with E-state index < -0.39 is 0 Å². The molecule has 7 heteroatoms. The number of benzene rings is 2. The highest BCUT2D eigenvalue weighted by molar-refractivity contribution is 5.93. The van der Waals surface area contributed by atoms with Gasteiger partial charge >= 0.3 is 0 Å². The van der Waals surface area contributed by atoms with E-state index in [0.29, 0.717) is 28.9 Å². The van der Waals surface area contributed by atoms with Crippen LogP contribution >= 0.6 is 0 Å². The summed E-state index contributed by atoms with van der Waals surface area (Å²) >= 11 is 0. The molecule has 0 saturated heterocycles. The lowest BCUT2D eigenvalue weighted by Crippen LogP contribution is -2.34. The highest BCUT2D eigenvalue weighted by Crippen LogP contribution is 2.37. The average Bonchev–Trinajstić information content (AvgIpc) is 2.77. The minimum atomic E-state index is -0.235. The fraction of sp³-hybridized carbons (Fsp3) is 0.391. The summed E-state index contributed by atoms with van der Waals surface area (Å²) in [6.07, 6.45) is 5.84. The fourth-order valence-electron chi connectivity index (χ4n) is 3.92. The van der Waals surface area contributed by atoms with E-state index in [1.54, 1.807) is 26.2 Å². The zero-order valence-corrected chi connectivity index (χ0v) is 17.5. The second-order valence-electron chi connectivity index (χ2n) is 7.71. The van der Waals surface area contributed by atoms with Crippen molar-refractivity contribution in [3.63, 3.8) is 0 Å². The number of aromatic nitrogens is 2. The Morgan fingerprint density at radius 3 is 2.53 bits per heavy atom. The Balaban J connectivity index is 1.64. The Labute approximate surface area is 175 Å². The number of nitrogens with zero attached hydrogens (tertiary/aromatic N) is 2. The molecule has 0 spiro atoms. The van der Waals surface area contributed by atoms with Crippen LogP contribution in [0.3, 0.4) is 0 Å². The topological polar surface area (TPSA) is 68.3 Å². The van der Waals surface area contributed by atoms with Crippen LogP contribution in [0.4, 0.5) is 15.9 Å². The molecule has 30 heavy (non-hydrogen) atoms. The maximum Gasteiger partial charge on any atom is 0.162 e. The number of halogens is 1. The molecular formula is C23H27FN4O2. The Hall–Kier alpha value is -2.93. The summed E-state index contributed by atoms with van der Waals surface area (Å²) in [5, 5.41) is 7.44. The lowest BCUT2D eigenvalue weighted by Gasteiger charge is -2.29. The zero-order chi connectivity index (χ0) is 21.1. The second kappa shape index (κ2) is 8.83. The van der Waals surface area contributed by atoms with Gasteiger partial charge in [0.15, 0.2) is 11.5 Å².